The number of amides is 1. The van der Waals surface area contributed by atoms with E-state index in [-0.39, 0.29) is 29.5 Å². The molecule has 1 unspecified atom stereocenters. The van der Waals surface area contributed by atoms with Crippen molar-refractivity contribution in [3.8, 4) is 5.75 Å². The Balaban J connectivity index is 1.64. The van der Waals surface area contributed by atoms with Gasteiger partial charge in [-0.2, -0.15) is 0 Å². The van der Waals surface area contributed by atoms with Gasteiger partial charge in [-0.05, 0) is 62.5 Å². The minimum absolute atomic E-state index is 0.112. The highest BCUT2D eigenvalue weighted by Gasteiger charge is 2.62. The molecule has 2 aromatic carbocycles. The Morgan fingerprint density at radius 1 is 1.16 bits per heavy atom. The van der Waals surface area contributed by atoms with E-state index in [2.05, 4.69) is 10.3 Å². The maximum atomic E-state index is 15.0. The van der Waals surface area contributed by atoms with Gasteiger partial charge < -0.3 is 20.8 Å². The molecule has 1 saturated carbocycles. The summed E-state index contributed by atoms with van der Waals surface area (Å²) in [4.78, 5) is 33.4. The number of ketones is 1. The molecule has 7 nitrogen and oxygen atoms in total. The van der Waals surface area contributed by atoms with Crippen molar-refractivity contribution in [2.75, 3.05) is 26.7 Å². The van der Waals surface area contributed by atoms with Crippen molar-refractivity contribution < 1.29 is 18.7 Å². The number of rotatable bonds is 6. The predicted octanol–water partition coefficient (Wildman–Crippen LogP) is 3.50. The molecule has 1 saturated heterocycles. The van der Waals surface area contributed by atoms with Crippen LogP contribution in [0.5, 0.6) is 5.75 Å². The molecule has 0 radical (unpaired) electrons. The number of piperidine rings is 1. The summed E-state index contributed by atoms with van der Waals surface area (Å²) in [7, 11) is 1.61. The van der Waals surface area contributed by atoms with E-state index in [9.17, 15) is 14.0 Å². The lowest BCUT2D eigenvalue weighted by atomic mass is 9.62. The first-order valence-electron chi connectivity index (χ1n) is 13.1. The normalized spacial score (nSPS) is 23.5. The Kier molecular flexibility index (Phi) is 5.84. The molecule has 1 spiro atoms. The summed E-state index contributed by atoms with van der Waals surface area (Å²) in [6.45, 7) is 2.18. The van der Waals surface area contributed by atoms with Crippen LogP contribution in [0.25, 0.3) is 10.9 Å². The number of benzene rings is 2. The van der Waals surface area contributed by atoms with Crippen molar-refractivity contribution in [2.24, 2.45) is 11.7 Å². The predicted molar refractivity (Wildman–Crippen MR) is 139 cm³/mol. The summed E-state index contributed by atoms with van der Waals surface area (Å²) >= 11 is 0. The molecule has 1 atom stereocenters. The van der Waals surface area contributed by atoms with Gasteiger partial charge in [-0.1, -0.05) is 24.6 Å². The van der Waals surface area contributed by atoms with Crippen molar-refractivity contribution in [3.05, 3.63) is 65.1 Å². The number of nitrogens with two attached hydrogens (primary N) is 1. The molecule has 3 aliphatic rings. The van der Waals surface area contributed by atoms with Crippen molar-refractivity contribution in [2.45, 2.75) is 49.6 Å². The molecule has 2 aliphatic heterocycles. The maximum absolute atomic E-state index is 15.0. The third-order valence-corrected chi connectivity index (χ3v) is 8.93. The summed E-state index contributed by atoms with van der Waals surface area (Å²) < 4.78 is 20.4. The van der Waals surface area contributed by atoms with E-state index in [1.165, 1.54) is 6.07 Å². The van der Waals surface area contributed by atoms with Crippen LogP contribution < -0.4 is 15.8 Å². The molecule has 194 valence electrons. The van der Waals surface area contributed by atoms with E-state index >= 15 is 0 Å². The van der Waals surface area contributed by atoms with E-state index < -0.39 is 11.4 Å². The van der Waals surface area contributed by atoms with Crippen molar-refractivity contribution >= 4 is 22.6 Å². The van der Waals surface area contributed by atoms with Crippen LogP contribution in [0, 0.1) is 11.7 Å². The Hall–Kier alpha value is -3.23. The van der Waals surface area contributed by atoms with E-state index in [0.717, 1.165) is 61.7 Å². The van der Waals surface area contributed by atoms with Gasteiger partial charge in [0, 0.05) is 47.0 Å². The number of halogens is 1. The fourth-order valence-electron chi connectivity index (χ4n) is 6.81. The number of primary amides is 1. The Bertz CT molecular complexity index is 1370. The molecule has 2 fully saturated rings. The number of carbonyl (C=O) groups is 2. The zero-order chi connectivity index (χ0) is 25.8. The van der Waals surface area contributed by atoms with Gasteiger partial charge in [-0.25, -0.2) is 4.39 Å². The largest absolute Gasteiger partial charge is 0.497 e. The Morgan fingerprint density at radius 2 is 1.92 bits per heavy atom. The molecule has 1 aliphatic carbocycles. The van der Waals surface area contributed by atoms with E-state index in [0.29, 0.717) is 23.6 Å². The summed E-state index contributed by atoms with van der Waals surface area (Å²) in [6, 6.07) is 12.4. The fraction of sp³-hybridized carbons (Fsp3) is 0.448. The zero-order valence-corrected chi connectivity index (χ0v) is 21.1. The number of hydrogen-bond acceptors (Lipinski definition) is 5. The number of hydrogen-bond donors (Lipinski definition) is 3. The second kappa shape index (κ2) is 8.96. The second-order valence-electron chi connectivity index (χ2n) is 10.8. The molecule has 3 aromatic rings. The number of Topliss-reactive ketones (excluding diaryl/α,β-unsaturated/α-hetero) is 1. The summed E-state index contributed by atoms with van der Waals surface area (Å²) in [5.41, 5.74) is 7.05. The smallest absolute Gasteiger partial charge is 0.251 e. The average molecular weight is 505 g/mol. The second-order valence-corrected chi connectivity index (χ2v) is 10.8. The highest BCUT2D eigenvalue weighted by molar-refractivity contribution is 6.13. The van der Waals surface area contributed by atoms with E-state index in [1.807, 2.05) is 23.1 Å². The van der Waals surface area contributed by atoms with Crippen molar-refractivity contribution in [1.29, 1.82) is 0 Å². The number of aromatic amines is 1. The monoisotopic (exact) mass is 504 g/mol. The molecule has 0 bridgehead atoms. The third kappa shape index (κ3) is 3.53. The topological polar surface area (TPSA) is 100 Å². The highest BCUT2D eigenvalue weighted by atomic mass is 19.1. The number of carbonyl (C=O) groups excluding carboxylic acids is 2. The lowest BCUT2D eigenvalue weighted by Gasteiger charge is -2.53. The lowest BCUT2D eigenvalue weighted by Crippen LogP contribution is -2.68. The molecule has 37 heavy (non-hydrogen) atoms. The van der Waals surface area contributed by atoms with Gasteiger partial charge in [0.05, 0.1) is 12.8 Å². The third-order valence-electron chi connectivity index (χ3n) is 8.93. The summed E-state index contributed by atoms with van der Waals surface area (Å²) in [5.74, 6) is -0.797. The molecule has 8 heteroatoms. The number of ether oxygens (including phenoxy) is 1. The number of methoxy groups -OCH3 is 1. The van der Waals surface area contributed by atoms with Crippen LogP contribution in [0.2, 0.25) is 0 Å². The molecule has 1 amide bonds. The van der Waals surface area contributed by atoms with Crippen LogP contribution >= 0.6 is 0 Å². The van der Waals surface area contributed by atoms with Crippen LogP contribution in [-0.2, 0) is 27.1 Å². The van der Waals surface area contributed by atoms with Gasteiger partial charge in [0.25, 0.3) is 5.91 Å². The molecular formula is C29H33FN4O3. The van der Waals surface area contributed by atoms with Crippen molar-refractivity contribution in [1.82, 2.24) is 15.2 Å². The standard InChI is InChI=1S/C29H33FN4O3/c1-37-20-9-10-21-23(15-20)33-25-24(21)28(11-13-32-14-12-28)17-34(16-19-5-2-3-8-22(19)30)29(25,27(31)36)26(35)18-6-4-7-18/h2-3,5,8-10,15,18,32-33H,4,6-7,11-14,16-17H2,1H3,(H2,31,36). The van der Waals surface area contributed by atoms with Crippen LogP contribution in [-0.4, -0.2) is 48.3 Å². The fourth-order valence-corrected chi connectivity index (χ4v) is 6.81. The molecule has 4 N–H and O–H groups in total. The van der Waals surface area contributed by atoms with Gasteiger partial charge in [-0.15, -0.1) is 0 Å². The average Bonchev–Trinajstić information content (AvgIpc) is 3.25. The molecule has 6 rings (SSSR count). The number of fused-ring (bicyclic) bond motifs is 4. The first kappa shape index (κ1) is 24.1. The minimum Gasteiger partial charge on any atom is -0.497 e. The van der Waals surface area contributed by atoms with Crippen LogP contribution in [0.15, 0.2) is 42.5 Å². The summed E-state index contributed by atoms with van der Waals surface area (Å²) in [6.07, 6.45) is 4.09. The number of H-pyrrole nitrogens is 1. The number of nitrogens with zero attached hydrogens (tertiary/aromatic N) is 1. The minimum atomic E-state index is -1.70. The Labute approximate surface area is 215 Å². The lowest BCUT2D eigenvalue weighted by molar-refractivity contribution is -0.152. The SMILES string of the molecule is COc1ccc2c3c([nH]c2c1)C(C(N)=O)(C(=O)C1CCC1)N(Cc1ccccc1F)CC31CCNCC1. The van der Waals surface area contributed by atoms with Crippen LogP contribution in [0.1, 0.15) is 48.9 Å². The molecule has 3 heterocycles. The van der Waals surface area contributed by atoms with Crippen molar-refractivity contribution in [3.63, 3.8) is 0 Å². The van der Waals surface area contributed by atoms with Gasteiger partial charge in [0.15, 0.2) is 5.78 Å². The highest BCUT2D eigenvalue weighted by Crippen LogP contribution is 2.53. The maximum Gasteiger partial charge on any atom is 0.251 e. The first-order valence-corrected chi connectivity index (χ1v) is 13.1. The quantitative estimate of drug-likeness (QED) is 0.446. The first-order chi connectivity index (χ1) is 17.9. The van der Waals surface area contributed by atoms with Crippen LogP contribution in [0.3, 0.4) is 0 Å². The van der Waals surface area contributed by atoms with E-state index in [4.69, 9.17) is 10.5 Å². The Morgan fingerprint density at radius 3 is 2.57 bits per heavy atom. The number of aromatic nitrogens is 1. The molecule has 1 aromatic heterocycles. The summed E-state index contributed by atoms with van der Waals surface area (Å²) in [5, 5.41) is 4.44. The van der Waals surface area contributed by atoms with Crippen LogP contribution in [0.4, 0.5) is 4.39 Å². The van der Waals surface area contributed by atoms with Gasteiger partial charge in [0.1, 0.15) is 11.6 Å². The molecular weight excluding hydrogens is 471 g/mol. The number of nitrogens with one attached hydrogen (secondary N) is 2. The van der Waals surface area contributed by atoms with Gasteiger partial charge >= 0.3 is 0 Å². The van der Waals surface area contributed by atoms with Gasteiger partial charge in [0.2, 0.25) is 5.54 Å². The van der Waals surface area contributed by atoms with E-state index in [1.54, 1.807) is 25.3 Å². The van der Waals surface area contributed by atoms with Gasteiger partial charge in [-0.3, -0.25) is 14.5 Å². The zero-order valence-electron chi connectivity index (χ0n) is 21.1.